The zero-order valence-corrected chi connectivity index (χ0v) is 12.7. The second kappa shape index (κ2) is 5.72. The second-order valence-electron chi connectivity index (χ2n) is 6.47. The van der Waals surface area contributed by atoms with Crippen LogP contribution in [0, 0.1) is 0 Å². The van der Waals surface area contributed by atoms with Gasteiger partial charge < -0.3 is 10.2 Å². The Bertz CT molecular complexity index is 270. The molecule has 3 heteroatoms. The molecule has 2 saturated heterocycles. The minimum absolute atomic E-state index is 0.814. The molecule has 2 aliphatic heterocycles. The van der Waals surface area contributed by atoms with Crippen LogP contribution in [0.2, 0.25) is 0 Å². The van der Waals surface area contributed by atoms with Gasteiger partial charge in [0.1, 0.15) is 0 Å². The molecule has 1 saturated carbocycles. The van der Waals surface area contributed by atoms with E-state index in [2.05, 4.69) is 35.9 Å². The molecule has 4 unspecified atom stereocenters. The van der Waals surface area contributed by atoms with Gasteiger partial charge in [0.15, 0.2) is 0 Å². The highest BCUT2D eigenvalue weighted by atomic mass is 32.2. The summed E-state index contributed by atoms with van der Waals surface area (Å²) < 4.78 is 0. The summed E-state index contributed by atoms with van der Waals surface area (Å²) in [6.07, 6.45) is 9.95. The van der Waals surface area contributed by atoms with E-state index in [1.54, 1.807) is 0 Å². The third kappa shape index (κ3) is 2.73. The molecule has 0 aromatic rings. The monoisotopic (exact) mass is 268 g/mol. The Morgan fingerprint density at radius 1 is 1.00 bits per heavy atom. The molecule has 0 radical (unpaired) electrons. The first-order valence-electron chi connectivity index (χ1n) is 7.85. The van der Waals surface area contributed by atoms with Gasteiger partial charge in [-0.2, -0.15) is 11.8 Å². The molecule has 0 aromatic carbocycles. The maximum absolute atomic E-state index is 3.99. The van der Waals surface area contributed by atoms with Crippen molar-refractivity contribution < 1.29 is 0 Å². The van der Waals surface area contributed by atoms with Crippen molar-refractivity contribution in [2.24, 2.45) is 0 Å². The largest absolute Gasteiger partial charge is 0.311 e. The lowest BCUT2D eigenvalue weighted by molar-refractivity contribution is 0.143. The van der Waals surface area contributed by atoms with E-state index in [9.17, 15) is 0 Å². The standard InChI is InChI=1S/C15H28N2S/c1-3-18-15-7-4-11(10-15)16-12-8-13-5-6-14(9-12)17(13)2/h11-16H,3-10H2,1-2H3. The van der Waals surface area contributed by atoms with Gasteiger partial charge in [-0.25, -0.2) is 0 Å². The predicted molar refractivity (Wildman–Crippen MR) is 80.3 cm³/mol. The van der Waals surface area contributed by atoms with Gasteiger partial charge >= 0.3 is 0 Å². The molecule has 2 nitrogen and oxygen atoms in total. The minimum Gasteiger partial charge on any atom is -0.311 e. The van der Waals surface area contributed by atoms with Gasteiger partial charge in [0.25, 0.3) is 0 Å². The maximum atomic E-state index is 3.99. The van der Waals surface area contributed by atoms with Gasteiger partial charge in [-0.15, -0.1) is 0 Å². The van der Waals surface area contributed by atoms with E-state index in [0.717, 1.165) is 29.4 Å². The summed E-state index contributed by atoms with van der Waals surface area (Å²) >= 11 is 2.17. The number of rotatable bonds is 4. The van der Waals surface area contributed by atoms with Crippen molar-refractivity contribution in [3.8, 4) is 0 Å². The van der Waals surface area contributed by atoms with Crippen LogP contribution in [0.15, 0.2) is 0 Å². The molecule has 3 rings (SSSR count). The topological polar surface area (TPSA) is 15.3 Å². The Kier molecular flexibility index (Phi) is 4.21. The normalized spacial score (nSPS) is 44.7. The zero-order chi connectivity index (χ0) is 12.5. The van der Waals surface area contributed by atoms with Crippen LogP contribution in [0.3, 0.4) is 0 Å². The summed E-state index contributed by atoms with van der Waals surface area (Å²) in [7, 11) is 2.34. The highest BCUT2D eigenvalue weighted by Gasteiger charge is 2.39. The minimum atomic E-state index is 0.814. The van der Waals surface area contributed by atoms with Gasteiger partial charge in [0.05, 0.1) is 0 Å². The van der Waals surface area contributed by atoms with E-state index in [1.165, 1.54) is 50.7 Å². The van der Waals surface area contributed by atoms with Crippen LogP contribution >= 0.6 is 11.8 Å². The van der Waals surface area contributed by atoms with Crippen molar-refractivity contribution in [1.29, 1.82) is 0 Å². The molecule has 3 fully saturated rings. The molecule has 4 atom stereocenters. The molecular formula is C15H28N2S. The lowest BCUT2D eigenvalue weighted by atomic mass is 9.97. The third-order valence-corrected chi connectivity index (χ3v) is 6.59. The van der Waals surface area contributed by atoms with Crippen molar-refractivity contribution in [2.75, 3.05) is 12.8 Å². The van der Waals surface area contributed by atoms with Crippen molar-refractivity contribution in [2.45, 2.75) is 81.3 Å². The molecule has 104 valence electrons. The predicted octanol–water partition coefficient (Wildman–Crippen LogP) is 2.88. The number of nitrogens with one attached hydrogen (secondary N) is 1. The van der Waals surface area contributed by atoms with Crippen LogP contribution in [0.1, 0.15) is 51.9 Å². The molecule has 0 amide bonds. The molecule has 1 N–H and O–H groups in total. The van der Waals surface area contributed by atoms with Crippen LogP contribution in [0.25, 0.3) is 0 Å². The smallest absolute Gasteiger partial charge is 0.0111 e. The summed E-state index contributed by atoms with van der Waals surface area (Å²) in [5, 5.41) is 4.93. The Morgan fingerprint density at radius 2 is 1.72 bits per heavy atom. The van der Waals surface area contributed by atoms with E-state index in [4.69, 9.17) is 0 Å². The number of nitrogens with zero attached hydrogens (tertiary/aromatic N) is 1. The zero-order valence-electron chi connectivity index (χ0n) is 11.9. The fraction of sp³-hybridized carbons (Fsp3) is 1.00. The van der Waals surface area contributed by atoms with Crippen molar-refractivity contribution in [3.63, 3.8) is 0 Å². The third-order valence-electron chi connectivity index (χ3n) is 5.36. The average molecular weight is 268 g/mol. The van der Waals surface area contributed by atoms with Crippen LogP contribution in [0.5, 0.6) is 0 Å². The molecule has 2 bridgehead atoms. The first-order chi connectivity index (χ1) is 8.76. The first kappa shape index (κ1) is 13.3. The molecule has 1 aliphatic carbocycles. The fourth-order valence-corrected chi connectivity index (χ4v) is 5.50. The fourth-order valence-electron chi connectivity index (χ4n) is 4.36. The summed E-state index contributed by atoms with van der Waals surface area (Å²) in [4.78, 5) is 2.64. The van der Waals surface area contributed by atoms with Crippen molar-refractivity contribution in [3.05, 3.63) is 0 Å². The quantitative estimate of drug-likeness (QED) is 0.844. The van der Waals surface area contributed by atoms with E-state index in [1.807, 2.05) is 0 Å². The maximum Gasteiger partial charge on any atom is 0.0111 e. The Labute approximate surface area is 116 Å². The molecule has 0 spiro atoms. The summed E-state index contributed by atoms with van der Waals surface area (Å²) in [6.45, 7) is 2.29. The van der Waals surface area contributed by atoms with Gasteiger partial charge in [-0.1, -0.05) is 6.92 Å². The molecule has 3 aliphatic rings. The second-order valence-corrected chi connectivity index (χ2v) is 8.05. The Hall–Kier alpha value is 0.270. The van der Waals surface area contributed by atoms with Gasteiger partial charge in [-0.05, 0) is 57.7 Å². The highest BCUT2D eigenvalue weighted by molar-refractivity contribution is 7.99. The van der Waals surface area contributed by atoms with Crippen LogP contribution < -0.4 is 5.32 Å². The number of fused-ring (bicyclic) bond motifs is 2. The number of hydrogen-bond acceptors (Lipinski definition) is 3. The molecule has 0 aromatic heterocycles. The van der Waals surface area contributed by atoms with Crippen molar-refractivity contribution >= 4 is 11.8 Å². The number of piperidine rings is 1. The lowest BCUT2D eigenvalue weighted by Gasteiger charge is -2.38. The summed E-state index contributed by atoms with van der Waals surface area (Å²) in [6, 6.07) is 3.39. The molecule has 2 heterocycles. The van der Waals surface area contributed by atoms with E-state index < -0.39 is 0 Å². The van der Waals surface area contributed by atoms with E-state index >= 15 is 0 Å². The van der Waals surface area contributed by atoms with Crippen LogP contribution in [0.4, 0.5) is 0 Å². The van der Waals surface area contributed by atoms with Crippen molar-refractivity contribution in [1.82, 2.24) is 10.2 Å². The Morgan fingerprint density at radius 3 is 2.39 bits per heavy atom. The average Bonchev–Trinajstić information content (AvgIpc) is 2.84. The summed E-state index contributed by atoms with van der Waals surface area (Å²) in [5.41, 5.74) is 0. The summed E-state index contributed by atoms with van der Waals surface area (Å²) in [5.74, 6) is 1.29. The number of thioether (sulfide) groups is 1. The first-order valence-corrected chi connectivity index (χ1v) is 8.90. The molecule has 18 heavy (non-hydrogen) atoms. The van der Waals surface area contributed by atoms with Gasteiger partial charge in [-0.3, -0.25) is 0 Å². The number of hydrogen-bond donors (Lipinski definition) is 1. The van der Waals surface area contributed by atoms with Crippen LogP contribution in [-0.4, -0.2) is 47.1 Å². The molecular weight excluding hydrogens is 240 g/mol. The van der Waals surface area contributed by atoms with E-state index in [-0.39, 0.29) is 0 Å². The van der Waals surface area contributed by atoms with Gasteiger partial charge in [0, 0.05) is 29.4 Å². The van der Waals surface area contributed by atoms with E-state index in [0.29, 0.717) is 0 Å². The SMILES string of the molecule is CCSC1CCC(NC2CC3CCC(C2)N3C)C1. The van der Waals surface area contributed by atoms with Crippen LogP contribution in [-0.2, 0) is 0 Å². The highest BCUT2D eigenvalue weighted by Crippen LogP contribution is 2.36. The lowest BCUT2D eigenvalue weighted by Crippen LogP contribution is -2.49. The Balaban J connectivity index is 1.47. The van der Waals surface area contributed by atoms with Gasteiger partial charge in [0.2, 0.25) is 0 Å².